The van der Waals surface area contributed by atoms with Crippen LogP contribution in [0, 0.1) is 6.92 Å². The van der Waals surface area contributed by atoms with Gasteiger partial charge in [0.1, 0.15) is 10.9 Å². The molecule has 15 heavy (non-hydrogen) atoms. The summed E-state index contributed by atoms with van der Waals surface area (Å²) in [5, 5.41) is 0.805. The minimum Gasteiger partial charge on any atom is -0.246 e. The predicted molar refractivity (Wildman–Crippen MR) is 59.9 cm³/mol. The van der Waals surface area contributed by atoms with Crippen molar-refractivity contribution in [2.45, 2.75) is 20.3 Å². The second kappa shape index (κ2) is 3.50. The molecule has 0 amide bonds. The van der Waals surface area contributed by atoms with E-state index in [1.54, 1.807) is 17.9 Å². The maximum atomic E-state index is 12.0. The molecule has 1 heterocycles. The Balaban J connectivity index is 2.96. The summed E-state index contributed by atoms with van der Waals surface area (Å²) in [7, 11) is 1.76. The quantitative estimate of drug-likeness (QED) is 0.686. The van der Waals surface area contributed by atoms with Crippen molar-refractivity contribution < 1.29 is 4.98 Å². The number of hydrogen-bond donors (Lipinski definition) is 0. The predicted octanol–water partition coefficient (Wildman–Crippen LogP) is 1.22. The fourth-order valence-electron chi connectivity index (χ4n) is 1.94. The van der Waals surface area contributed by atoms with Gasteiger partial charge in [-0.05, 0) is 30.5 Å². The van der Waals surface area contributed by atoms with Gasteiger partial charge in [-0.3, -0.25) is 0 Å². The molecule has 78 valence electrons. The van der Waals surface area contributed by atoms with E-state index in [2.05, 4.69) is 18.0 Å². The third-order valence-corrected chi connectivity index (χ3v) is 2.91. The van der Waals surface area contributed by atoms with Gasteiger partial charge in [0.2, 0.25) is 6.33 Å². The van der Waals surface area contributed by atoms with E-state index in [0.29, 0.717) is 0 Å². The van der Waals surface area contributed by atoms with Crippen molar-refractivity contribution in [1.29, 1.82) is 0 Å². The maximum Gasteiger partial charge on any atom is 0.345 e. The topological polar surface area (TPSA) is 36.1 Å². The first-order valence-electron chi connectivity index (χ1n) is 5.14. The van der Waals surface area contributed by atoms with Crippen molar-refractivity contribution in [3.05, 3.63) is 39.9 Å². The number of nitrogens with zero attached hydrogens (tertiary/aromatic N) is 1. The Bertz CT molecular complexity index is 570. The Kier molecular flexibility index (Phi) is 2.31. The minimum atomic E-state index is 0.0663. The number of H-pyrrole nitrogens is 1. The van der Waals surface area contributed by atoms with Gasteiger partial charge in [-0.2, -0.15) is 0 Å². The highest BCUT2D eigenvalue weighted by molar-refractivity contribution is 5.79. The van der Waals surface area contributed by atoms with Crippen LogP contribution >= 0.6 is 0 Å². The van der Waals surface area contributed by atoms with Crippen LogP contribution in [0.5, 0.6) is 0 Å². The number of aryl methyl sites for hydroxylation is 3. The molecule has 2 aromatic rings. The molecule has 3 nitrogen and oxygen atoms in total. The average Bonchev–Trinajstić information content (AvgIpc) is 2.24. The SMILES string of the molecule is CCc1ccc2[nH+]cn(C)c(=O)c2c1C. The summed E-state index contributed by atoms with van der Waals surface area (Å²) in [6, 6.07) is 4.05. The van der Waals surface area contributed by atoms with Crippen LogP contribution in [-0.4, -0.2) is 4.57 Å². The Morgan fingerprint density at radius 3 is 2.80 bits per heavy atom. The number of aromatic amines is 1. The summed E-state index contributed by atoms with van der Waals surface area (Å²) < 4.78 is 1.58. The molecule has 3 heteroatoms. The Hall–Kier alpha value is -1.64. The van der Waals surface area contributed by atoms with Crippen LogP contribution in [0.25, 0.3) is 10.9 Å². The lowest BCUT2D eigenvalue weighted by Crippen LogP contribution is -2.24. The zero-order valence-electron chi connectivity index (χ0n) is 9.29. The number of fused-ring (bicyclic) bond motifs is 1. The molecule has 1 N–H and O–H groups in total. The van der Waals surface area contributed by atoms with Crippen LogP contribution in [0.2, 0.25) is 0 Å². The highest BCUT2D eigenvalue weighted by atomic mass is 16.1. The molecule has 2 rings (SSSR count). The molecule has 0 saturated heterocycles. The van der Waals surface area contributed by atoms with Gasteiger partial charge in [0.05, 0.1) is 7.05 Å². The molecular formula is C12H15N2O+. The zero-order chi connectivity index (χ0) is 11.0. The van der Waals surface area contributed by atoms with Gasteiger partial charge < -0.3 is 0 Å². The molecule has 0 atom stereocenters. The van der Waals surface area contributed by atoms with Crippen LogP contribution in [0.3, 0.4) is 0 Å². The fourth-order valence-corrected chi connectivity index (χ4v) is 1.94. The van der Waals surface area contributed by atoms with Crippen molar-refractivity contribution in [2.24, 2.45) is 7.05 Å². The summed E-state index contributed by atoms with van der Waals surface area (Å²) in [6.45, 7) is 4.11. The molecule has 0 aliphatic rings. The summed E-state index contributed by atoms with van der Waals surface area (Å²) in [6.07, 6.45) is 2.65. The van der Waals surface area contributed by atoms with E-state index < -0.39 is 0 Å². The van der Waals surface area contributed by atoms with Crippen LogP contribution in [0.1, 0.15) is 18.1 Å². The molecule has 0 aliphatic heterocycles. The lowest BCUT2D eigenvalue weighted by atomic mass is 10.0. The van der Waals surface area contributed by atoms with Gasteiger partial charge in [-0.25, -0.2) is 14.3 Å². The number of hydrogen-bond acceptors (Lipinski definition) is 1. The number of nitrogens with one attached hydrogen (secondary N) is 1. The molecular weight excluding hydrogens is 188 g/mol. The molecule has 0 fully saturated rings. The third kappa shape index (κ3) is 1.44. The van der Waals surface area contributed by atoms with Gasteiger partial charge >= 0.3 is 5.56 Å². The van der Waals surface area contributed by atoms with Crippen LogP contribution in [0.4, 0.5) is 0 Å². The second-order valence-electron chi connectivity index (χ2n) is 3.82. The van der Waals surface area contributed by atoms with Gasteiger partial charge in [-0.15, -0.1) is 0 Å². The highest BCUT2D eigenvalue weighted by Gasteiger charge is 2.11. The standard InChI is InChI=1S/C12H14N2O/c1-4-9-5-6-10-11(8(9)2)12(15)14(3)7-13-10/h5-7H,4H2,1-3H3/p+1. The second-order valence-corrected chi connectivity index (χ2v) is 3.82. The molecule has 1 aromatic heterocycles. The molecule has 0 spiro atoms. The molecule has 0 aliphatic carbocycles. The van der Waals surface area contributed by atoms with Gasteiger partial charge in [0.25, 0.3) is 0 Å². The molecule has 0 saturated carbocycles. The van der Waals surface area contributed by atoms with Crippen molar-refractivity contribution in [2.75, 3.05) is 0 Å². The average molecular weight is 203 g/mol. The number of aromatic nitrogens is 2. The third-order valence-electron chi connectivity index (χ3n) is 2.91. The first-order chi connectivity index (χ1) is 7.15. The van der Waals surface area contributed by atoms with E-state index in [4.69, 9.17) is 0 Å². The smallest absolute Gasteiger partial charge is 0.246 e. The molecule has 0 unspecified atom stereocenters. The van der Waals surface area contributed by atoms with Gasteiger partial charge in [-0.1, -0.05) is 13.0 Å². The van der Waals surface area contributed by atoms with E-state index in [1.165, 1.54) is 5.56 Å². The first-order valence-corrected chi connectivity index (χ1v) is 5.14. The van der Waals surface area contributed by atoms with E-state index in [9.17, 15) is 4.79 Å². The minimum absolute atomic E-state index is 0.0663. The number of benzene rings is 1. The van der Waals surface area contributed by atoms with E-state index >= 15 is 0 Å². The van der Waals surface area contributed by atoms with E-state index in [0.717, 1.165) is 22.9 Å². The van der Waals surface area contributed by atoms with Crippen molar-refractivity contribution in [1.82, 2.24) is 4.57 Å². The largest absolute Gasteiger partial charge is 0.345 e. The Labute approximate surface area is 88.4 Å². The Morgan fingerprint density at radius 2 is 2.13 bits per heavy atom. The normalized spacial score (nSPS) is 10.9. The summed E-state index contributed by atoms with van der Waals surface area (Å²) in [4.78, 5) is 15.1. The fraction of sp³-hybridized carbons (Fsp3) is 0.333. The van der Waals surface area contributed by atoms with Gasteiger partial charge in [0, 0.05) is 0 Å². The van der Waals surface area contributed by atoms with E-state index in [-0.39, 0.29) is 5.56 Å². The lowest BCUT2D eigenvalue weighted by molar-refractivity contribution is -0.352. The molecule has 1 aromatic carbocycles. The Morgan fingerprint density at radius 1 is 1.40 bits per heavy atom. The van der Waals surface area contributed by atoms with Crippen LogP contribution in [0.15, 0.2) is 23.3 Å². The maximum absolute atomic E-state index is 12.0. The summed E-state index contributed by atoms with van der Waals surface area (Å²) in [5.74, 6) is 0. The van der Waals surface area contributed by atoms with Crippen LogP contribution < -0.4 is 10.5 Å². The van der Waals surface area contributed by atoms with Crippen molar-refractivity contribution in [3.8, 4) is 0 Å². The molecule has 0 radical (unpaired) electrons. The first kappa shape index (κ1) is 9.90. The molecule has 0 bridgehead atoms. The van der Waals surface area contributed by atoms with Crippen molar-refractivity contribution >= 4 is 10.9 Å². The highest BCUT2D eigenvalue weighted by Crippen LogP contribution is 2.15. The zero-order valence-corrected chi connectivity index (χ0v) is 9.29. The van der Waals surface area contributed by atoms with Gasteiger partial charge in [0.15, 0.2) is 0 Å². The number of rotatable bonds is 1. The summed E-state index contributed by atoms with van der Waals surface area (Å²) in [5.41, 5.74) is 3.30. The monoisotopic (exact) mass is 203 g/mol. The van der Waals surface area contributed by atoms with Crippen LogP contribution in [-0.2, 0) is 13.5 Å². The lowest BCUT2D eigenvalue weighted by Gasteiger charge is -2.04. The van der Waals surface area contributed by atoms with E-state index in [1.807, 2.05) is 13.0 Å². The van der Waals surface area contributed by atoms with Crippen molar-refractivity contribution in [3.63, 3.8) is 0 Å². The summed E-state index contributed by atoms with van der Waals surface area (Å²) >= 11 is 0.